The van der Waals surface area contributed by atoms with E-state index in [0.717, 1.165) is 12.8 Å². The molecule has 158 valence electrons. The molecule has 2 N–H and O–H groups in total. The monoisotopic (exact) mass is 403 g/mol. The first-order chi connectivity index (χ1) is 14.6. The van der Waals surface area contributed by atoms with Crippen molar-refractivity contribution in [3.8, 4) is 0 Å². The Hall–Kier alpha value is -2.62. The van der Waals surface area contributed by atoms with E-state index in [9.17, 15) is 4.79 Å². The molecule has 0 bridgehead atoms. The molecule has 4 heteroatoms. The first kappa shape index (κ1) is 20.6. The Balaban J connectivity index is 1.47. The van der Waals surface area contributed by atoms with Crippen molar-refractivity contribution in [2.24, 2.45) is 16.6 Å². The summed E-state index contributed by atoms with van der Waals surface area (Å²) in [7, 11) is 0. The van der Waals surface area contributed by atoms with Gasteiger partial charge in [-0.25, -0.2) is 4.99 Å². The lowest BCUT2D eigenvalue weighted by molar-refractivity contribution is -0.131. The first-order valence-corrected chi connectivity index (χ1v) is 11.3. The standard InChI is InChI=1S/C26H33N3O/c1-26(19-20-11-5-2-6-12-20)24(30)29(25(27)28-26)18-17-23(21-13-7-3-8-14-21)22-15-9-4-10-16-22/h3-4,7-10,13-16,20,23H,2,5-6,11-12,17-19H2,1H3,(H2,27,28)/t26-/m1/s1. The van der Waals surface area contributed by atoms with Gasteiger partial charge < -0.3 is 5.73 Å². The maximum Gasteiger partial charge on any atom is 0.257 e. The second-order valence-electron chi connectivity index (χ2n) is 9.07. The lowest BCUT2D eigenvalue weighted by atomic mass is 9.80. The number of hydrogen-bond donors (Lipinski definition) is 1. The van der Waals surface area contributed by atoms with Gasteiger partial charge in [0.05, 0.1) is 0 Å². The lowest BCUT2D eigenvalue weighted by Gasteiger charge is -2.29. The van der Waals surface area contributed by atoms with Gasteiger partial charge in [-0.05, 0) is 36.8 Å². The molecule has 4 rings (SSSR count). The van der Waals surface area contributed by atoms with Crippen molar-refractivity contribution < 1.29 is 4.79 Å². The molecule has 2 aromatic rings. The highest BCUT2D eigenvalue weighted by Gasteiger charge is 2.45. The van der Waals surface area contributed by atoms with E-state index in [0.29, 0.717) is 18.4 Å². The average molecular weight is 404 g/mol. The largest absolute Gasteiger partial charge is 0.369 e. The normalized spacial score (nSPS) is 22.5. The van der Waals surface area contributed by atoms with Crippen LogP contribution >= 0.6 is 0 Å². The molecule has 1 fully saturated rings. The molecule has 1 amide bonds. The highest BCUT2D eigenvalue weighted by Crippen LogP contribution is 2.36. The molecule has 1 aliphatic carbocycles. The fourth-order valence-corrected chi connectivity index (χ4v) is 5.21. The summed E-state index contributed by atoms with van der Waals surface area (Å²) in [4.78, 5) is 19.7. The Bertz CT molecular complexity index is 834. The zero-order valence-electron chi connectivity index (χ0n) is 18.0. The smallest absolute Gasteiger partial charge is 0.257 e. The molecular formula is C26H33N3O. The number of nitrogens with two attached hydrogens (primary N) is 1. The zero-order valence-corrected chi connectivity index (χ0v) is 18.0. The summed E-state index contributed by atoms with van der Waals surface area (Å²) in [6, 6.07) is 21.0. The van der Waals surface area contributed by atoms with Crippen LogP contribution in [0, 0.1) is 5.92 Å². The fourth-order valence-electron chi connectivity index (χ4n) is 5.21. The van der Waals surface area contributed by atoms with E-state index in [-0.39, 0.29) is 11.8 Å². The van der Waals surface area contributed by atoms with Crippen LogP contribution in [0.15, 0.2) is 65.7 Å². The molecule has 0 spiro atoms. The molecule has 1 heterocycles. The minimum absolute atomic E-state index is 0.0745. The highest BCUT2D eigenvalue weighted by atomic mass is 16.2. The maximum absolute atomic E-state index is 13.3. The number of carbonyl (C=O) groups excluding carboxylic acids is 1. The number of carbonyl (C=O) groups is 1. The van der Waals surface area contributed by atoms with Crippen LogP contribution in [0.5, 0.6) is 0 Å². The Morgan fingerprint density at radius 2 is 1.57 bits per heavy atom. The van der Waals surface area contributed by atoms with Crippen molar-refractivity contribution >= 4 is 11.9 Å². The van der Waals surface area contributed by atoms with Crippen LogP contribution in [0.2, 0.25) is 0 Å². The van der Waals surface area contributed by atoms with Crippen molar-refractivity contribution in [2.45, 2.75) is 63.3 Å². The van der Waals surface area contributed by atoms with Crippen LogP contribution in [-0.4, -0.2) is 28.9 Å². The number of rotatable bonds is 7. The number of benzene rings is 2. The van der Waals surface area contributed by atoms with Crippen molar-refractivity contribution in [1.29, 1.82) is 0 Å². The number of aliphatic imine (C=N–C) groups is 1. The second-order valence-corrected chi connectivity index (χ2v) is 9.07. The molecule has 1 saturated carbocycles. The van der Waals surface area contributed by atoms with Gasteiger partial charge in [-0.3, -0.25) is 9.69 Å². The Labute approximate surface area is 180 Å². The van der Waals surface area contributed by atoms with Gasteiger partial charge in [0.15, 0.2) is 5.96 Å². The molecule has 0 aromatic heterocycles. The molecule has 2 aromatic carbocycles. The fraction of sp³-hybridized carbons (Fsp3) is 0.462. The topological polar surface area (TPSA) is 58.7 Å². The molecule has 1 atom stereocenters. The minimum Gasteiger partial charge on any atom is -0.369 e. The Morgan fingerprint density at radius 3 is 2.13 bits per heavy atom. The van der Waals surface area contributed by atoms with E-state index < -0.39 is 5.54 Å². The van der Waals surface area contributed by atoms with Crippen molar-refractivity contribution in [3.05, 3.63) is 71.8 Å². The Kier molecular flexibility index (Phi) is 6.21. The first-order valence-electron chi connectivity index (χ1n) is 11.3. The van der Waals surface area contributed by atoms with Gasteiger partial charge in [-0.2, -0.15) is 0 Å². The third kappa shape index (κ3) is 4.43. The predicted octanol–water partition coefficient (Wildman–Crippen LogP) is 5.09. The molecule has 2 aliphatic rings. The van der Waals surface area contributed by atoms with Gasteiger partial charge >= 0.3 is 0 Å². The highest BCUT2D eigenvalue weighted by molar-refractivity contribution is 6.06. The zero-order chi connectivity index (χ0) is 21.0. The van der Waals surface area contributed by atoms with Crippen LogP contribution < -0.4 is 5.73 Å². The molecule has 0 saturated heterocycles. The molecule has 1 aliphatic heterocycles. The van der Waals surface area contributed by atoms with Crippen LogP contribution in [-0.2, 0) is 4.79 Å². The SMILES string of the molecule is C[C@]1(CC2CCCCC2)N=C(N)N(CCC(c2ccccc2)c2ccccc2)C1=O. The average Bonchev–Trinajstić information content (AvgIpc) is 2.98. The number of amides is 1. The molecule has 0 radical (unpaired) electrons. The summed E-state index contributed by atoms with van der Waals surface area (Å²) >= 11 is 0. The molecule has 0 unspecified atom stereocenters. The Morgan fingerprint density at radius 1 is 1.00 bits per heavy atom. The van der Waals surface area contributed by atoms with Crippen molar-refractivity contribution in [2.75, 3.05) is 6.54 Å². The second kappa shape index (κ2) is 9.03. The quantitative estimate of drug-likeness (QED) is 0.700. The van der Waals surface area contributed by atoms with Crippen molar-refractivity contribution in [3.63, 3.8) is 0 Å². The third-order valence-electron chi connectivity index (χ3n) is 6.80. The maximum atomic E-state index is 13.3. The number of nitrogens with zero attached hydrogens (tertiary/aromatic N) is 2. The summed E-state index contributed by atoms with van der Waals surface area (Å²) in [5.74, 6) is 1.27. The summed E-state index contributed by atoms with van der Waals surface area (Å²) in [5, 5.41) is 0. The summed E-state index contributed by atoms with van der Waals surface area (Å²) in [5.41, 5.74) is 8.10. The number of guanidine groups is 1. The molecule has 30 heavy (non-hydrogen) atoms. The van der Waals surface area contributed by atoms with Gasteiger partial charge in [-0.1, -0.05) is 92.8 Å². The van der Waals surface area contributed by atoms with Gasteiger partial charge in [0.25, 0.3) is 5.91 Å². The van der Waals surface area contributed by atoms with Gasteiger partial charge in [0.2, 0.25) is 0 Å². The van der Waals surface area contributed by atoms with E-state index in [4.69, 9.17) is 5.73 Å². The summed E-state index contributed by atoms with van der Waals surface area (Å²) < 4.78 is 0. The van der Waals surface area contributed by atoms with E-state index >= 15 is 0 Å². The lowest BCUT2D eigenvalue weighted by Crippen LogP contribution is -2.44. The van der Waals surface area contributed by atoms with E-state index in [2.05, 4.69) is 53.5 Å². The summed E-state index contributed by atoms with van der Waals surface area (Å²) in [6.45, 7) is 2.56. The van der Waals surface area contributed by atoms with Gasteiger partial charge in [-0.15, -0.1) is 0 Å². The number of hydrogen-bond acceptors (Lipinski definition) is 3. The minimum atomic E-state index is -0.693. The summed E-state index contributed by atoms with van der Waals surface area (Å²) in [6.07, 6.45) is 7.92. The molecule has 4 nitrogen and oxygen atoms in total. The third-order valence-corrected chi connectivity index (χ3v) is 6.80. The van der Waals surface area contributed by atoms with Gasteiger partial charge in [0, 0.05) is 12.5 Å². The van der Waals surface area contributed by atoms with Crippen LogP contribution in [0.4, 0.5) is 0 Å². The van der Waals surface area contributed by atoms with Crippen LogP contribution in [0.1, 0.15) is 68.9 Å². The molecular weight excluding hydrogens is 370 g/mol. The predicted molar refractivity (Wildman–Crippen MR) is 122 cm³/mol. The van der Waals surface area contributed by atoms with Crippen LogP contribution in [0.25, 0.3) is 0 Å². The van der Waals surface area contributed by atoms with Gasteiger partial charge in [0.1, 0.15) is 5.54 Å². The van der Waals surface area contributed by atoms with Crippen LogP contribution in [0.3, 0.4) is 0 Å². The van der Waals surface area contributed by atoms with Crippen molar-refractivity contribution in [1.82, 2.24) is 4.90 Å². The van der Waals surface area contributed by atoms with E-state index in [1.807, 2.05) is 19.1 Å². The van der Waals surface area contributed by atoms with E-state index in [1.165, 1.54) is 43.2 Å². The van der Waals surface area contributed by atoms with E-state index in [1.54, 1.807) is 4.90 Å².